The molecule has 4 N–H and O–H groups in total. The van der Waals surface area contributed by atoms with Crippen LogP contribution in [0.4, 0.5) is 0 Å². The summed E-state index contributed by atoms with van der Waals surface area (Å²) in [5.41, 5.74) is 6.09. The molecular weight excluding hydrogens is 353 g/mol. The summed E-state index contributed by atoms with van der Waals surface area (Å²) in [5.74, 6) is -0.343. The summed E-state index contributed by atoms with van der Waals surface area (Å²) in [6.07, 6.45) is 0.957. The summed E-state index contributed by atoms with van der Waals surface area (Å²) in [6, 6.07) is 5.56. The standard InChI is InChI=1S/C14H22AsNO6/c1-14(2,3)21-13(17)12(16)9-6-10-4-7-11(8-5-10)22-15(18,19)20/h4-5,7-8,12H,6,9,16H2,1-3H3,(H2,18,19,20). The van der Waals surface area contributed by atoms with Crippen LogP contribution in [0.5, 0.6) is 5.75 Å². The average Bonchev–Trinajstić information content (AvgIpc) is 2.33. The summed E-state index contributed by atoms with van der Waals surface area (Å²) in [5, 5.41) is 0. The first-order valence-corrected chi connectivity index (χ1v) is 10.00. The van der Waals surface area contributed by atoms with Gasteiger partial charge in [0.2, 0.25) is 0 Å². The number of rotatable bonds is 6. The van der Waals surface area contributed by atoms with E-state index >= 15 is 0 Å². The zero-order valence-corrected chi connectivity index (χ0v) is 14.7. The molecule has 1 atom stereocenters. The third-order valence-corrected chi connectivity index (χ3v) is 3.54. The fraction of sp³-hybridized carbons (Fsp3) is 0.500. The third kappa shape index (κ3) is 7.66. The first-order valence-electron chi connectivity index (χ1n) is 6.79. The molecule has 0 amide bonds. The van der Waals surface area contributed by atoms with Crippen LogP contribution in [0.2, 0.25) is 0 Å². The average molecular weight is 375 g/mol. The predicted molar refractivity (Wildman–Crippen MR) is 80.1 cm³/mol. The van der Waals surface area contributed by atoms with E-state index in [0.717, 1.165) is 5.56 Å². The van der Waals surface area contributed by atoms with Gasteiger partial charge in [0, 0.05) is 0 Å². The molecule has 22 heavy (non-hydrogen) atoms. The summed E-state index contributed by atoms with van der Waals surface area (Å²) >= 11 is -5.14. The van der Waals surface area contributed by atoms with Crippen molar-refractivity contribution < 1.29 is 25.2 Å². The van der Waals surface area contributed by atoms with Gasteiger partial charge >= 0.3 is 132 Å². The Morgan fingerprint density at radius 1 is 1.27 bits per heavy atom. The Morgan fingerprint density at radius 3 is 2.27 bits per heavy atom. The molecule has 1 rings (SSSR count). The van der Waals surface area contributed by atoms with Crippen molar-refractivity contribution in [2.45, 2.75) is 45.3 Å². The molecule has 1 aromatic rings. The van der Waals surface area contributed by atoms with Crippen LogP contribution in [0.15, 0.2) is 24.3 Å². The monoisotopic (exact) mass is 375 g/mol. The van der Waals surface area contributed by atoms with Crippen molar-refractivity contribution in [3.63, 3.8) is 0 Å². The summed E-state index contributed by atoms with van der Waals surface area (Å²) in [7, 11) is 0. The van der Waals surface area contributed by atoms with Crippen molar-refractivity contribution >= 4 is 20.5 Å². The number of esters is 1. The number of nitrogens with two attached hydrogens (primary N) is 1. The molecule has 124 valence electrons. The number of ether oxygens (including phenoxy) is 1. The molecule has 0 radical (unpaired) electrons. The fourth-order valence-corrected chi connectivity index (χ4v) is 2.50. The Labute approximate surface area is 132 Å². The molecule has 0 saturated heterocycles. The third-order valence-electron chi connectivity index (χ3n) is 2.60. The number of benzene rings is 1. The van der Waals surface area contributed by atoms with Crippen molar-refractivity contribution in [3.8, 4) is 5.75 Å². The van der Waals surface area contributed by atoms with Crippen LogP contribution in [-0.2, 0) is 19.7 Å². The Balaban J connectivity index is 2.51. The van der Waals surface area contributed by atoms with Crippen LogP contribution in [0.25, 0.3) is 0 Å². The van der Waals surface area contributed by atoms with Gasteiger partial charge in [-0.15, -0.1) is 0 Å². The van der Waals surface area contributed by atoms with Gasteiger partial charge < -0.3 is 0 Å². The number of hydrogen-bond acceptors (Lipinski definition) is 5. The van der Waals surface area contributed by atoms with E-state index in [2.05, 4.69) is 3.73 Å². The van der Waals surface area contributed by atoms with Crippen LogP contribution in [0, 0.1) is 0 Å². The van der Waals surface area contributed by atoms with E-state index in [0.29, 0.717) is 12.8 Å². The van der Waals surface area contributed by atoms with Crippen LogP contribution >= 0.6 is 0 Å². The van der Waals surface area contributed by atoms with Gasteiger partial charge in [-0.1, -0.05) is 0 Å². The van der Waals surface area contributed by atoms with E-state index in [-0.39, 0.29) is 5.75 Å². The van der Waals surface area contributed by atoms with Crippen molar-refractivity contribution in [1.29, 1.82) is 0 Å². The van der Waals surface area contributed by atoms with E-state index in [9.17, 15) is 8.53 Å². The summed E-state index contributed by atoms with van der Waals surface area (Å²) in [4.78, 5) is 11.7. The topological polar surface area (TPSA) is 119 Å². The molecule has 0 aliphatic carbocycles. The number of carbonyl (C=O) groups excluding carboxylic acids is 1. The Bertz CT molecular complexity index is 545. The first-order chi connectivity index (χ1) is 9.96. The SMILES string of the molecule is CC(C)(C)OC(=O)C(N)CCc1ccc(O[As](=O)(O)O)cc1. The van der Waals surface area contributed by atoms with Gasteiger partial charge in [0.05, 0.1) is 0 Å². The van der Waals surface area contributed by atoms with E-state index in [4.69, 9.17) is 18.7 Å². The van der Waals surface area contributed by atoms with Crippen molar-refractivity contribution in [2.75, 3.05) is 0 Å². The second-order valence-electron chi connectivity index (χ2n) is 5.90. The van der Waals surface area contributed by atoms with Crippen molar-refractivity contribution in [3.05, 3.63) is 29.8 Å². The van der Waals surface area contributed by atoms with Gasteiger partial charge in [-0.3, -0.25) is 0 Å². The van der Waals surface area contributed by atoms with E-state index in [1.54, 1.807) is 32.9 Å². The second-order valence-corrected chi connectivity index (χ2v) is 8.35. The van der Waals surface area contributed by atoms with Crippen LogP contribution < -0.4 is 9.46 Å². The molecule has 0 aliphatic rings. The van der Waals surface area contributed by atoms with Gasteiger partial charge in [-0.25, -0.2) is 0 Å². The van der Waals surface area contributed by atoms with Gasteiger partial charge in [0.1, 0.15) is 0 Å². The predicted octanol–water partition coefficient (Wildman–Crippen LogP) is 0.518. The molecular formula is C14H22AsNO6. The molecule has 7 nitrogen and oxygen atoms in total. The summed E-state index contributed by atoms with van der Waals surface area (Å²) < 4.78 is 38.0. The Hall–Kier alpha value is -1.27. The minimum atomic E-state index is -5.14. The second kappa shape index (κ2) is 7.33. The van der Waals surface area contributed by atoms with Gasteiger partial charge in [0.25, 0.3) is 0 Å². The molecule has 0 fully saturated rings. The summed E-state index contributed by atoms with van der Waals surface area (Å²) in [6.45, 7) is 5.33. The quantitative estimate of drug-likeness (QED) is 0.490. The number of aryl methyl sites for hydroxylation is 1. The zero-order valence-electron chi connectivity index (χ0n) is 12.9. The minimum absolute atomic E-state index is 0.104. The van der Waals surface area contributed by atoms with Gasteiger partial charge in [-0.2, -0.15) is 0 Å². The van der Waals surface area contributed by atoms with Crippen LogP contribution in [0.1, 0.15) is 32.8 Å². The molecule has 0 aromatic heterocycles. The Morgan fingerprint density at radius 2 is 1.82 bits per heavy atom. The van der Waals surface area contributed by atoms with Gasteiger partial charge in [-0.05, 0) is 0 Å². The molecule has 1 aromatic carbocycles. The maximum absolute atomic E-state index is 11.7. The van der Waals surface area contributed by atoms with Crippen LogP contribution in [-0.4, -0.2) is 40.3 Å². The van der Waals surface area contributed by atoms with Crippen molar-refractivity contribution in [1.82, 2.24) is 0 Å². The molecule has 0 aliphatic heterocycles. The van der Waals surface area contributed by atoms with E-state index < -0.39 is 32.1 Å². The Kier molecular flexibility index (Phi) is 6.25. The number of hydrogen-bond donors (Lipinski definition) is 3. The fourth-order valence-electron chi connectivity index (χ4n) is 1.67. The zero-order chi connectivity index (χ0) is 17.0. The first kappa shape index (κ1) is 18.8. The maximum atomic E-state index is 11.7. The normalized spacial score (nSPS) is 13.5. The van der Waals surface area contributed by atoms with Crippen molar-refractivity contribution in [2.24, 2.45) is 5.73 Å². The van der Waals surface area contributed by atoms with E-state index in [1.807, 2.05) is 0 Å². The molecule has 0 bridgehead atoms. The molecule has 0 spiro atoms. The molecule has 0 saturated carbocycles. The molecule has 0 heterocycles. The van der Waals surface area contributed by atoms with E-state index in [1.165, 1.54) is 12.1 Å². The van der Waals surface area contributed by atoms with Crippen LogP contribution in [0.3, 0.4) is 0 Å². The van der Waals surface area contributed by atoms with Gasteiger partial charge in [0.15, 0.2) is 0 Å². The molecule has 8 heteroatoms. The number of carbonyl (C=O) groups is 1. The molecule has 1 unspecified atom stereocenters.